The maximum absolute atomic E-state index is 13.7. The highest BCUT2D eigenvalue weighted by atomic mass is 35.5. The second-order valence-electron chi connectivity index (χ2n) is 10.7. The third-order valence-corrected chi connectivity index (χ3v) is 10.5. The molecule has 1 saturated heterocycles. The van der Waals surface area contributed by atoms with Crippen molar-refractivity contribution in [2.45, 2.75) is 63.8 Å². The van der Waals surface area contributed by atoms with Gasteiger partial charge in [0, 0.05) is 12.0 Å². The molecule has 1 atom stereocenters. The maximum atomic E-state index is 13.7. The van der Waals surface area contributed by atoms with Crippen LogP contribution in [0.25, 0.3) is 0 Å². The van der Waals surface area contributed by atoms with E-state index in [0.717, 1.165) is 47.7 Å². The van der Waals surface area contributed by atoms with Crippen molar-refractivity contribution in [3.05, 3.63) is 44.1 Å². The Balaban J connectivity index is 1.79. The summed E-state index contributed by atoms with van der Waals surface area (Å²) < 4.78 is 28.5. The fourth-order valence-electron chi connectivity index (χ4n) is 5.02. The molecule has 1 N–H and O–H groups in total. The summed E-state index contributed by atoms with van der Waals surface area (Å²) in [6.07, 6.45) is 4.63. The lowest BCUT2D eigenvalue weighted by molar-refractivity contribution is -0.121. The Bertz CT molecular complexity index is 1390. The van der Waals surface area contributed by atoms with Gasteiger partial charge >= 0.3 is 5.97 Å². The summed E-state index contributed by atoms with van der Waals surface area (Å²) >= 11 is 13.5. The highest BCUT2D eigenvalue weighted by molar-refractivity contribution is 7.89. The highest BCUT2D eigenvalue weighted by Crippen LogP contribution is 2.40. The molecular formula is C27H30Cl2N2O5S2. The van der Waals surface area contributed by atoms with Gasteiger partial charge in [-0.05, 0) is 57.7 Å². The summed E-state index contributed by atoms with van der Waals surface area (Å²) in [6, 6.07) is 5.56. The van der Waals surface area contributed by atoms with E-state index in [0.29, 0.717) is 4.88 Å². The number of halogens is 2. The molecule has 2 aliphatic rings. The number of nitrogens with zero attached hydrogens (tertiary/aromatic N) is 2. The molecule has 0 radical (unpaired) electrons. The normalized spacial score (nSPS) is 19.8. The van der Waals surface area contributed by atoms with Crippen LogP contribution in [0.2, 0.25) is 10.0 Å². The zero-order valence-corrected chi connectivity index (χ0v) is 24.6. The van der Waals surface area contributed by atoms with Crippen molar-refractivity contribution in [2.75, 3.05) is 18.0 Å². The van der Waals surface area contributed by atoms with Gasteiger partial charge < -0.3 is 10.0 Å². The molecule has 11 heteroatoms. The van der Waals surface area contributed by atoms with E-state index < -0.39 is 34.5 Å². The molecule has 2 fully saturated rings. The van der Waals surface area contributed by atoms with Gasteiger partial charge in [-0.15, -0.1) is 11.3 Å². The number of carbonyl (C=O) groups excluding carboxylic acids is 1. The van der Waals surface area contributed by atoms with Crippen LogP contribution >= 0.6 is 34.5 Å². The smallest absolute Gasteiger partial charge is 0.348 e. The number of anilines is 1. The quantitative estimate of drug-likeness (QED) is 0.418. The molecule has 1 aromatic carbocycles. The van der Waals surface area contributed by atoms with Crippen LogP contribution in [0.5, 0.6) is 0 Å². The minimum Gasteiger partial charge on any atom is -0.477 e. The maximum Gasteiger partial charge on any atom is 0.348 e. The minimum absolute atomic E-state index is 0.0121. The number of thiophene rings is 1. The number of piperazine rings is 1. The predicted molar refractivity (Wildman–Crippen MR) is 151 cm³/mol. The molecule has 1 aromatic heterocycles. The van der Waals surface area contributed by atoms with Crippen molar-refractivity contribution in [1.29, 1.82) is 0 Å². The van der Waals surface area contributed by atoms with Crippen molar-refractivity contribution >= 4 is 62.1 Å². The Labute approximate surface area is 237 Å². The van der Waals surface area contributed by atoms with Crippen molar-refractivity contribution < 1.29 is 23.1 Å². The molecular weight excluding hydrogens is 567 g/mol. The van der Waals surface area contributed by atoms with Gasteiger partial charge in [-0.1, -0.05) is 60.4 Å². The largest absolute Gasteiger partial charge is 0.477 e. The zero-order chi connectivity index (χ0) is 27.8. The van der Waals surface area contributed by atoms with Gasteiger partial charge in [0.1, 0.15) is 9.77 Å². The molecule has 4 rings (SSSR count). The van der Waals surface area contributed by atoms with Crippen molar-refractivity contribution in [3.63, 3.8) is 0 Å². The first kappa shape index (κ1) is 28.9. The van der Waals surface area contributed by atoms with Crippen molar-refractivity contribution in [2.24, 2.45) is 11.3 Å². The van der Waals surface area contributed by atoms with E-state index in [-0.39, 0.29) is 43.4 Å². The number of hydrogen-bond acceptors (Lipinski definition) is 5. The predicted octanol–water partition coefficient (Wildman–Crippen LogP) is 6.14. The molecule has 1 saturated carbocycles. The molecule has 1 amide bonds. The summed E-state index contributed by atoms with van der Waals surface area (Å²) in [4.78, 5) is 27.8. The second-order valence-corrected chi connectivity index (χ2v) is 14.4. The second kappa shape index (κ2) is 11.2. The summed E-state index contributed by atoms with van der Waals surface area (Å²) in [5.41, 5.74) is -0.0114. The zero-order valence-electron chi connectivity index (χ0n) is 21.5. The minimum atomic E-state index is -4.19. The van der Waals surface area contributed by atoms with Crippen LogP contribution in [0.1, 0.15) is 67.4 Å². The first-order chi connectivity index (χ1) is 17.8. The number of hydrogen-bond donors (Lipinski definition) is 1. The Morgan fingerprint density at radius 1 is 1.13 bits per heavy atom. The number of sulfonamides is 1. The third kappa shape index (κ3) is 6.05. The molecule has 2 heterocycles. The lowest BCUT2D eigenvalue weighted by Crippen LogP contribution is -2.60. The topological polar surface area (TPSA) is 95.0 Å². The lowest BCUT2D eigenvalue weighted by Gasteiger charge is -2.45. The first-order valence-electron chi connectivity index (χ1n) is 12.5. The molecule has 38 heavy (non-hydrogen) atoms. The molecule has 1 aliphatic carbocycles. The summed E-state index contributed by atoms with van der Waals surface area (Å²) in [5, 5.41) is 9.96. The third-order valence-electron chi connectivity index (χ3n) is 6.74. The monoisotopic (exact) mass is 596 g/mol. The van der Waals surface area contributed by atoms with Crippen molar-refractivity contribution in [3.8, 4) is 11.8 Å². The average molecular weight is 598 g/mol. The highest BCUT2D eigenvalue weighted by Gasteiger charge is 2.45. The van der Waals surface area contributed by atoms with E-state index in [9.17, 15) is 23.1 Å². The number of carboxylic acid groups (broad SMARTS) is 1. The standard InChI is InChI=1S/C27H30Cl2N2O5S2/c1-27(2,3)13-12-18-14-21(24(37-18)26(33)34)31-22(17-8-5-4-6-9-17)15-30(16-23(31)32)38(35,36)25-19(28)10-7-11-20(25)29/h7,10-11,14,17,22H,4-6,8-9,15-16H2,1-3H3,(H,33,34). The summed E-state index contributed by atoms with van der Waals surface area (Å²) in [6.45, 7) is 5.43. The Morgan fingerprint density at radius 3 is 2.34 bits per heavy atom. The number of rotatable bonds is 5. The van der Waals surface area contributed by atoms with Gasteiger partial charge in [0.2, 0.25) is 15.9 Å². The van der Waals surface area contributed by atoms with Gasteiger partial charge in [-0.25, -0.2) is 13.2 Å². The first-order valence-corrected chi connectivity index (χ1v) is 15.5. The van der Waals surface area contributed by atoms with Crippen molar-refractivity contribution in [1.82, 2.24) is 4.31 Å². The van der Waals surface area contributed by atoms with Gasteiger partial charge in [0.15, 0.2) is 0 Å². The van der Waals surface area contributed by atoms with Gasteiger partial charge in [0.05, 0.1) is 33.2 Å². The van der Waals surface area contributed by atoms with Crippen LogP contribution in [-0.2, 0) is 14.8 Å². The van der Waals surface area contributed by atoms with Crippen LogP contribution in [0.15, 0.2) is 29.2 Å². The average Bonchev–Trinajstić information content (AvgIpc) is 3.26. The SMILES string of the molecule is CC(C)(C)C#Cc1cc(N2C(=O)CN(S(=O)(=O)c3c(Cl)cccc3Cl)CC2C2CCCCC2)c(C(=O)O)s1. The van der Waals surface area contributed by atoms with Crippen LogP contribution in [0.4, 0.5) is 5.69 Å². The number of carbonyl (C=O) groups is 2. The van der Waals surface area contributed by atoms with Crippen LogP contribution < -0.4 is 4.90 Å². The lowest BCUT2D eigenvalue weighted by atomic mass is 9.82. The Kier molecular flexibility index (Phi) is 8.51. The number of aromatic carboxylic acids is 1. The van der Waals surface area contributed by atoms with Crippen LogP contribution in [0.3, 0.4) is 0 Å². The van der Waals surface area contributed by atoms with E-state index in [4.69, 9.17) is 23.2 Å². The number of carboxylic acids is 1. The Morgan fingerprint density at radius 2 is 1.76 bits per heavy atom. The van der Waals surface area contributed by atoms with Crippen LogP contribution in [-0.4, -0.2) is 48.8 Å². The van der Waals surface area contributed by atoms with E-state index in [1.54, 1.807) is 12.1 Å². The molecule has 1 aliphatic heterocycles. The molecule has 0 spiro atoms. The van der Waals surface area contributed by atoms with E-state index in [1.807, 2.05) is 20.8 Å². The molecule has 1 unspecified atom stereocenters. The van der Waals surface area contributed by atoms with Gasteiger partial charge in [-0.2, -0.15) is 4.31 Å². The van der Waals surface area contributed by atoms with E-state index in [1.165, 1.54) is 17.0 Å². The molecule has 0 bridgehead atoms. The van der Waals surface area contributed by atoms with Crippen LogP contribution in [0, 0.1) is 23.2 Å². The molecule has 7 nitrogen and oxygen atoms in total. The Hall–Kier alpha value is -2.09. The fraction of sp³-hybridized carbons (Fsp3) is 0.481. The fourth-order valence-corrected chi connectivity index (χ4v) is 8.36. The number of amides is 1. The van der Waals surface area contributed by atoms with Gasteiger partial charge in [0.25, 0.3) is 0 Å². The summed E-state index contributed by atoms with van der Waals surface area (Å²) in [5.74, 6) is 4.53. The van der Waals surface area contributed by atoms with E-state index in [2.05, 4.69) is 11.8 Å². The molecule has 204 valence electrons. The summed E-state index contributed by atoms with van der Waals surface area (Å²) in [7, 11) is -4.19. The van der Waals surface area contributed by atoms with E-state index >= 15 is 0 Å². The number of benzene rings is 1. The van der Waals surface area contributed by atoms with Gasteiger partial charge in [-0.3, -0.25) is 4.79 Å². The molecule has 2 aromatic rings.